The number of halogens is 3. The molecule has 0 aliphatic heterocycles. The lowest BCUT2D eigenvalue weighted by molar-refractivity contribution is -0.136. The van der Waals surface area contributed by atoms with E-state index < -0.39 is 23.4 Å². The van der Waals surface area contributed by atoms with Gasteiger partial charge in [-0.25, -0.2) is 17.7 Å². The molecular weight excluding hydrogens is 431 g/mol. The maximum Gasteiger partial charge on any atom is 0.313 e. The van der Waals surface area contributed by atoms with Gasteiger partial charge < -0.3 is 10.6 Å². The summed E-state index contributed by atoms with van der Waals surface area (Å²) in [7, 11) is 0. The van der Waals surface area contributed by atoms with Crippen LogP contribution in [0.4, 0.5) is 18.9 Å². The lowest BCUT2D eigenvalue weighted by atomic mass is 10.2. The van der Waals surface area contributed by atoms with Gasteiger partial charge >= 0.3 is 11.8 Å². The molecule has 0 unspecified atom stereocenters. The number of thiazole rings is 1. The minimum Gasteiger partial charge on any atom is -0.347 e. The number of hydrogen-bond acceptors (Lipinski definition) is 5. The standard InChI is InChI=1S/C20H14F3N5O2S/c21-12-3-1-2-11(8-12)17-26-20-28(27-17)14(10-31-20)6-7-24-18(29)19(30)25-13-4-5-15(22)16(23)9-13/h1-5,8-10H,6-7H2,(H,24,29)(H,25,30). The van der Waals surface area contributed by atoms with Gasteiger partial charge in [0.15, 0.2) is 17.5 Å². The van der Waals surface area contributed by atoms with Crippen molar-refractivity contribution in [2.24, 2.45) is 0 Å². The summed E-state index contributed by atoms with van der Waals surface area (Å²) in [5.74, 6) is -4.13. The summed E-state index contributed by atoms with van der Waals surface area (Å²) in [5, 5.41) is 10.8. The fraction of sp³-hybridized carbons (Fsp3) is 0.100. The van der Waals surface area contributed by atoms with Crippen LogP contribution in [0.5, 0.6) is 0 Å². The molecule has 4 rings (SSSR count). The average Bonchev–Trinajstić information content (AvgIpc) is 3.32. The monoisotopic (exact) mass is 445 g/mol. The number of nitrogens with one attached hydrogen (secondary N) is 2. The van der Waals surface area contributed by atoms with E-state index in [0.717, 1.165) is 23.9 Å². The normalized spacial score (nSPS) is 10.9. The molecule has 158 valence electrons. The topological polar surface area (TPSA) is 88.4 Å². The van der Waals surface area contributed by atoms with Crippen LogP contribution < -0.4 is 10.6 Å². The first kappa shape index (κ1) is 20.5. The number of carbonyl (C=O) groups excluding carboxylic acids is 2. The highest BCUT2D eigenvalue weighted by Gasteiger charge is 2.16. The molecular formula is C20H14F3N5O2S. The number of aromatic nitrogens is 3. The van der Waals surface area contributed by atoms with E-state index in [9.17, 15) is 22.8 Å². The Morgan fingerprint density at radius 3 is 2.65 bits per heavy atom. The van der Waals surface area contributed by atoms with Crippen molar-refractivity contribution in [2.75, 3.05) is 11.9 Å². The van der Waals surface area contributed by atoms with Gasteiger partial charge in [0.25, 0.3) is 0 Å². The minimum atomic E-state index is -1.13. The number of hydrogen-bond donors (Lipinski definition) is 2. The number of nitrogens with zero attached hydrogens (tertiary/aromatic N) is 3. The summed E-state index contributed by atoms with van der Waals surface area (Å²) in [5.41, 5.74) is 1.26. The molecule has 4 aromatic rings. The zero-order valence-electron chi connectivity index (χ0n) is 15.7. The van der Waals surface area contributed by atoms with Gasteiger partial charge in [0.05, 0.1) is 5.69 Å². The Bertz CT molecular complexity index is 1290. The van der Waals surface area contributed by atoms with Gasteiger partial charge in [-0.1, -0.05) is 12.1 Å². The van der Waals surface area contributed by atoms with Crippen LogP contribution in [0, 0.1) is 17.5 Å². The van der Waals surface area contributed by atoms with Gasteiger partial charge in [0.1, 0.15) is 5.82 Å². The van der Waals surface area contributed by atoms with E-state index in [1.807, 2.05) is 5.38 Å². The highest BCUT2D eigenvalue weighted by Crippen LogP contribution is 2.21. The van der Waals surface area contributed by atoms with Crippen LogP contribution in [0.2, 0.25) is 0 Å². The number of amides is 2. The molecule has 0 bridgehead atoms. The minimum absolute atomic E-state index is 0.0360. The molecule has 0 saturated carbocycles. The van der Waals surface area contributed by atoms with Gasteiger partial charge in [-0.05, 0) is 24.3 Å². The fourth-order valence-electron chi connectivity index (χ4n) is 2.79. The Labute approximate surface area is 177 Å². The molecule has 0 aliphatic rings. The quantitative estimate of drug-likeness (QED) is 0.462. The maximum absolute atomic E-state index is 13.4. The Morgan fingerprint density at radius 2 is 1.87 bits per heavy atom. The molecule has 31 heavy (non-hydrogen) atoms. The van der Waals surface area contributed by atoms with Crippen LogP contribution in [0.25, 0.3) is 16.3 Å². The highest BCUT2D eigenvalue weighted by molar-refractivity contribution is 7.15. The molecule has 2 amide bonds. The summed E-state index contributed by atoms with van der Waals surface area (Å²) in [6.07, 6.45) is 0.357. The molecule has 0 aliphatic carbocycles. The second kappa shape index (κ2) is 8.56. The molecule has 0 fully saturated rings. The molecule has 0 radical (unpaired) electrons. The lowest BCUT2D eigenvalue weighted by Gasteiger charge is -2.06. The van der Waals surface area contributed by atoms with Crippen LogP contribution in [0.15, 0.2) is 47.8 Å². The zero-order chi connectivity index (χ0) is 22.0. The van der Waals surface area contributed by atoms with Crippen molar-refractivity contribution in [3.63, 3.8) is 0 Å². The van der Waals surface area contributed by atoms with Crippen molar-refractivity contribution < 1.29 is 22.8 Å². The number of benzene rings is 2. The van der Waals surface area contributed by atoms with E-state index in [4.69, 9.17) is 0 Å². The van der Waals surface area contributed by atoms with Gasteiger partial charge in [-0.15, -0.1) is 16.4 Å². The highest BCUT2D eigenvalue weighted by atomic mass is 32.1. The SMILES string of the molecule is O=C(NCCc1csc2nc(-c3cccc(F)c3)nn12)C(=O)Nc1ccc(F)c(F)c1. The number of anilines is 1. The van der Waals surface area contributed by atoms with Crippen molar-refractivity contribution >= 4 is 33.8 Å². The molecule has 2 heterocycles. The predicted octanol–water partition coefficient (Wildman–Crippen LogP) is 3.17. The lowest BCUT2D eigenvalue weighted by Crippen LogP contribution is -2.36. The molecule has 0 saturated heterocycles. The summed E-state index contributed by atoms with van der Waals surface area (Å²) >= 11 is 1.34. The summed E-state index contributed by atoms with van der Waals surface area (Å²) < 4.78 is 41.1. The first-order valence-corrected chi connectivity index (χ1v) is 9.92. The zero-order valence-corrected chi connectivity index (χ0v) is 16.5. The molecule has 2 aromatic carbocycles. The molecule has 0 spiro atoms. The van der Waals surface area contributed by atoms with Crippen LogP contribution in [0.3, 0.4) is 0 Å². The second-order valence-electron chi connectivity index (χ2n) is 6.46. The Morgan fingerprint density at radius 1 is 1.03 bits per heavy atom. The van der Waals surface area contributed by atoms with E-state index in [1.165, 1.54) is 23.5 Å². The van der Waals surface area contributed by atoms with E-state index in [-0.39, 0.29) is 18.0 Å². The smallest absolute Gasteiger partial charge is 0.313 e. The third kappa shape index (κ3) is 4.56. The molecule has 2 aromatic heterocycles. The third-order valence-corrected chi connectivity index (χ3v) is 5.15. The van der Waals surface area contributed by atoms with Gasteiger partial charge in [0.2, 0.25) is 4.96 Å². The van der Waals surface area contributed by atoms with Crippen molar-refractivity contribution in [3.05, 3.63) is 71.0 Å². The van der Waals surface area contributed by atoms with Crippen molar-refractivity contribution in [3.8, 4) is 11.4 Å². The maximum atomic E-state index is 13.4. The van der Waals surface area contributed by atoms with E-state index >= 15 is 0 Å². The van der Waals surface area contributed by atoms with E-state index in [0.29, 0.717) is 22.8 Å². The molecule has 2 N–H and O–H groups in total. The largest absolute Gasteiger partial charge is 0.347 e. The first-order chi connectivity index (χ1) is 14.9. The first-order valence-electron chi connectivity index (χ1n) is 9.04. The Hall–Kier alpha value is -3.73. The summed E-state index contributed by atoms with van der Waals surface area (Å²) in [6, 6.07) is 8.72. The number of rotatable bonds is 5. The summed E-state index contributed by atoms with van der Waals surface area (Å²) in [4.78, 5) is 28.8. The van der Waals surface area contributed by atoms with Crippen molar-refractivity contribution in [1.82, 2.24) is 19.9 Å². The van der Waals surface area contributed by atoms with Crippen LogP contribution in [-0.2, 0) is 16.0 Å². The Kier molecular flexibility index (Phi) is 5.67. The molecule has 0 atom stereocenters. The van der Waals surface area contributed by atoms with Crippen LogP contribution in [-0.4, -0.2) is 33.0 Å². The third-order valence-electron chi connectivity index (χ3n) is 4.28. The van der Waals surface area contributed by atoms with Crippen molar-refractivity contribution in [1.29, 1.82) is 0 Å². The van der Waals surface area contributed by atoms with E-state index in [2.05, 4.69) is 20.7 Å². The van der Waals surface area contributed by atoms with Crippen LogP contribution >= 0.6 is 11.3 Å². The van der Waals surface area contributed by atoms with Gasteiger partial charge in [-0.3, -0.25) is 9.59 Å². The fourth-order valence-corrected chi connectivity index (χ4v) is 3.65. The predicted molar refractivity (Wildman–Crippen MR) is 108 cm³/mol. The van der Waals surface area contributed by atoms with Gasteiger partial charge in [0, 0.05) is 35.7 Å². The van der Waals surface area contributed by atoms with Gasteiger partial charge in [-0.2, -0.15) is 4.98 Å². The average molecular weight is 445 g/mol. The molecule has 11 heteroatoms. The summed E-state index contributed by atoms with van der Waals surface area (Å²) in [6.45, 7) is 0.130. The molecule has 7 nitrogen and oxygen atoms in total. The number of fused-ring (bicyclic) bond motifs is 1. The number of carbonyl (C=O) groups is 2. The van der Waals surface area contributed by atoms with Crippen LogP contribution in [0.1, 0.15) is 5.69 Å². The van der Waals surface area contributed by atoms with Crippen molar-refractivity contribution in [2.45, 2.75) is 6.42 Å². The second-order valence-corrected chi connectivity index (χ2v) is 7.29. The van der Waals surface area contributed by atoms with E-state index in [1.54, 1.807) is 16.6 Å². The Balaban J connectivity index is 1.36.